The lowest BCUT2D eigenvalue weighted by Crippen LogP contribution is -3.12. The number of hydrogen-bond acceptors (Lipinski definition) is 6. The van der Waals surface area contributed by atoms with Crippen LogP contribution in [0.4, 0.5) is 0 Å². The van der Waals surface area contributed by atoms with Crippen LogP contribution in [0.3, 0.4) is 0 Å². The van der Waals surface area contributed by atoms with Crippen LogP contribution in [0, 0.1) is 0 Å². The Morgan fingerprint density at radius 2 is 2.12 bits per heavy atom. The molecular weight excluding hydrogens is 348 g/mol. The molecule has 0 saturated carbocycles. The van der Waals surface area contributed by atoms with Crippen molar-refractivity contribution in [3.8, 4) is 11.6 Å². The number of pyridine rings is 1. The molecule has 1 aliphatic heterocycles. The highest BCUT2D eigenvalue weighted by Crippen LogP contribution is 2.41. The van der Waals surface area contributed by atoms with Crippen LogP contribution in [0.2, 0.25) is 0 Å². The predicted octanol–water partition coefficient (Wildman–Crippen LogP) is 1.78. The Morgan fingerprint density at radius 3 is 2.96 bits per heavy atom. The number of nitrogens with zero attached hydrogens (tertiary/aromatic N) is 3. The molecule has 2 aliphatic rings. The normalized spacial score (nSPS) is 17.5. The molecule has 0 unspecified atom stereocenters. The lowest BCUT2D eigenvalue weighted by Gasteiger charge is -2.23. The van der Waals surface area contributed by atoms with Crippen molar-refractivity contribution in [2.24, 2.45) is 0 Å². The van der Waals surface area contributed by atoms with Gasteiger partial charge in [0, 0.05) is 11.1 Å². The highest BCUT2D eigenvalue weighted by molar-refractivity contribution is 7.19. The first-order valence-electron chi connectivity index (χ1n) is 9.17. The average Bonchev–Trinajstić information content (AvgIpc) is 3.24. The molecule has 26 heavy (non-hydrogen) atoms. The Hall–Kier alpha value is -2.09. The number of morpholine rings is 1. The molecule has 5 rings (SSSR count). The minimum Gasteiger partial charge on any atom is -0.437 e. The molecule has 6 nitrogen and oxygen atoms in total. The summed E-state index contributed by atoms with van der Waals surface area (Å²) >= 11 is 1.81. The Bertz CT molecular complexity index is 922. The summed E-state index contributed by atoms with van der Waals surface area (Å²) in [5, 5.41) is 1.10. The first-order chi connectivity index (χ1) is 12.9. The van der Waals surface area contributed by atoms with Crippen LogP contribution in [0.25, 0.3) is 10.2 Å². The van der Waals surface area contributed by atoms with Gasteiger partial charge in [-0.3, -0.25) is 4.98 Å². The van der Waals surface area contributed by atoms with Gasteiger partial charge < -0.3 is 14.4 Å². The number of ether oxygens (including phenoxy) is 2. The van der Waals surface area contributed by atoms with E-state index in [2.05, 4.69) is 4.98 Å². The van der Waals surface area contributed by atoms with E-state index in [-0.39, 0.29) is 0 Å². The molecule has 134 valence electrons. The predicted molar refractivity (Wildman–Crippen MR) is 99.0 cm³/mol. The Labute approximate surface area is 155 Å². The number of thiophene rings is 1. The maximum atomic E-state index is 6.16. The van der Waals surface area contributed by atoms with E-state index in [1.165, 1.54) is 21.8 Å². The molecule has 3 aromatic heterocycles. The van der Waals surface area contributed by atoms with Crippen molar-refractivity contribution in [3.05, 3.63) is 40.8 Å². The van der Waals surface area contributed by atoms with Gasteiger partial charge in [0.2, 0.25) is 5.88 Å². The fourth-order valence-corrected chi connectivity index (χ4v) is 5.01. The molecule has 1 aliphatic carbocycles. The van der Waals surface area contributed by atoms with Gasteiger partial charge in [0.1, 0.15) is 30.2 Å². The molecule has 0 aromatic carbocycles. The van der Waals surface area contributed by atoms with Crippen LogP contribution in [0.15, 0.2) is 24.5 Å². The van der Waals surface area contributed by atoms with E-state index in [4.69, 9.17) is 19.4 Å². The summed E-state index contributed by atoms with van der Waals surface area (Å²) < 4.78 is 11.6. The minimum atomic E-state index is 0.685. The third-order valence-electron chi connectivity index (χ3n) is 5.03. The maximum absolute atomic E-state index is 6.16. The number of quaternary nitrogens is 1. The molecule has 4 heterocycles. The van der Waals surface area contributed by atoms with Crippen molar-refractivity contribution in [2.75, 3.05) is 26.3 Å². The van der Waals surface area contributed by atoms with E-state index in [0.717, 1.165) is 67.5 Å². The molecule has 0 amide bonds. The standard InChI is InChI=1S/C19H20N4O2S/c1-4-14-15(5-1)26-19-17(14)18(25-13-3-2-6-20-11-13)21-16(22-19)12-23-7-9-24-10-8-23/h2-3,6,11H,1,4-5,7-10,12H2/p+1. The van der Waals surface area contributed by atoms with Crippen LogP contribution >= 0.6 is 11.3 Å². The van der Waals surface area contributed by atoms with Crippen LogP contribution in [-0.2, 0) is 24.1 Å². The third-order valence-corrected chi connectivity index (χ3v) is 6.22. The van der Waals surface area contributed by atoms with Crippen molar-refractivity contribution in [3.63, 3.8) is 0 Å². The lowest BCUT2D eigenvalue weighted by atomic mass is 10.2. The van der Waals surface area contributed by atoms with Crippen LogP contribution < -0.4 is 9.64 Å². The van der Waals surface area contributed by atoms with E-state index in [9.17, 15) is 0 Å². The molecular formula is C19H21N4O2S+. The summed E-state index contributed by atoms with van der Waals surface area (Å²) in [4.78, 5) is 17.8. The van der Waals surface area contributed by atoms with Gasteiger partial charge in [-0.1, -0.05) is 0 Å². The smallest absolute Gasteiger partial charge is 0.231 e. The van der Waals surface area contributed by atoms with Gasteiger partial charge in [-0.25, -0.2) is 4.98 Å². The molecule has 3 aromatic rings. The average molecular weight is 369 g/mol. The first-order valence-corrected chi connectivity index (χ1v) is 9.99. The van der Waals surface area contributed by atoms with Crippen LogP contribution in [0.1, 0.15) is 22.7 Å². The molecule has 0 bridgehead atoms. The van der Waals surface area contributed by atoms with E-state index in [1.54, 1.807) is 23.7 Å². The molecule has 0 spiro atoms. The van der Waals surface area contributed by atoms with E-state index in [1.807, 2.05) is 12.1 Å². The first kappa shape index (κ1) is 16.1. The maximum Gasteiger partial charge on any atom is 0.231 e. The van der Waals surface area contributed by atoms with Crippen molar-refractivity contribution in [2.45, 2.75) is 25.8 Å². The second kappa shape index (κ2) is 6.90. The van der Waals surface area contributed by atoms with Crippen molar-refractivity contribution in [1.82, 2.24) is 15.0 Å². The number of hydrogen-bond donors (Lipinski definition) is 1. The summed E-state index contributed by atoms with van der Waals surface area (Å²) in [5.41, 5.74) is 1.38. The summed E-state index contributed by atoms with van der Waals surface area (Å²) in [6, 6.07) is 3.80. The van der Waals surface area contributed by atoms with Gasteiger partial charge in [0.05, 0.1) is 24.8 Å². The quantitative estimate of drug-likeness (QED) is 0.760. The van der Waals surface area contributed by atoms with Gasteiger partial charge >= 0.3 is 0 Å². The lowest BCUT2D eigenvalue weighted by molar-refractivity contribution is -0.922. The van der Waals surface area contributed by atoms with Crippen molar-refractivity contribution in [1.29, 1.82) is 0 Å². The summed E-state index contributed by atoms with van der Waals surface area (Å²) in [6.07, 6.45) is 6.93. The largest absolute Gasteiger partial charge is 0.437 e. The Morgan fingerprint density at radius 1 is 1.19 bits per heavy atom. The van der Waals surface area contributed by atoms with Gasteiger partial charge in [-0.05, 0) is 37.0 Å². The van der Waals surface area contributed by atoms with E-state index in [0.29, 0.717) is 5.88 Å². The number of aromatic nitrogens is 3. The minimum absolute atomic E-state index is 0.685. The summed E-state index contributed by atoms with van der Waals surface area (Å²) in [5.74, 6) is 2.26. The zero-order chi connectivity index (χ0) is 17.3. The molecule has 0 atom stereocenters. The third kappa shape index (κ3) is 3.06. The fourth-order valence-electron chi connectivity index (χ4n) is 3.74. The van der Waals surface area contributed by atoms with Crippen molar-refractivity contribution < 1.29 is 14.4 Å². The summed E-state index contributed by atoms with van der Waals surface area (Å²) in [7, 11) is 0. The fraction of sp³-hybridized carbons (Fsp3) is 0.421. The van der Waals surface area contributed by atoms with E-state index < -0.39 is 0 Å². The van der Waals surface area contributed by atoms with Gasteiger partial charge in [0.25, 0.3) is 0 Å². The zero-order valence-corrected chi connectivity index (χ0v) is 15.3. The van der Waals surface area contributed by atoms with Crippen LogP contribution in [0.5, 0.6) is 11.6 Å². The highest BCUT2D eigenvalue weighted by atomic mass is 32.1. The molecule has 7 heteroatoms. The van der Waals surface area contributed by atoms with Crippen molar-refractivity contribution >= 4 is 21.6 Å². The van der Waals surface area contributed by atoms with Gasteiger partial charge in [-0.2, -0.15) is 4.98 Å². The molecule has 1 N–H and O–H groups in total. The molecule has 1 fully saturated rings. The topological polar surface area (TPSA) is 61.6 Å². The monoisotopic (exact) mass is 369 g/mol. The zero-order valence-electron chi connectivity index (χ0n) is 14.5. The van der Waals surface area contributed by atoms with E-state index >= 15 is 0 Å². The second-order valence-corrected chi connectivity index (χ2v) is 7.90. The van der Waals surface area contributed by atoms with Gasteiger partial charge in [-0.15, -0.1) is 11.3 Å². The van der Waals surface area contributed by atoms with Gasteiger partial charge in [0.15, 0.2) is 5.82 Å². The number of fused-ring (bicyclic) bond motifs is 3. The Kier molecular flexibility index (Phi) is 4.28. The molecule has 0 radical (unpaired) electrons. The number of nitrogens with one attached hydrogen (secondary N) is 1. The molecule has 1 saturated heterocycles. The SMILES string of the molecule is c1cncc(Oc2nc(C[NH+]3CCOCC3)nc3sc4c(c23)CCC4)c1. The second-order valence-electron chi connectivity index (χ2n) is 6.81. The number of rotatable bonds is 4. The number of aryl methyl sites for hydroxylation is 2. The highest BCUT2D eigenvalue weighted by Gasteiger charge is 2.25. The summed E-state index contributed by atoms with van der Waals surface area (Å²) in [6.45, 7) is 4.43. The Balaban J connectivity index is 1.55. The van der Waals surface area contributed by atoms with Crippen LogP contribution in [-0.4, -0.2) is 41.3 Å².